The van der Waals surface area contributed by atoms with Crippen LogP contribution in [0.4, 0.5) is 0 Å². The molecular formula is C15H25NO2. The summed E-state index contributed by atoms with van der Waals surface area (Å²) in [5.41, 5.74) is 0.456. The highest BCUT2D eigenvalue weighted by atomic mass is 16.5. The van der Waals surface area contributed by atoms with Crippen LogP contribution in [0.1, 0.15) is 32.8 Å². The number of aliphatic hydroxyl groups is 1. The molecule has 1 rings (SSSR count). The van der Waals surface area contributed by atoms with E-state index in [-0.39, 0.29) is 0 Å². The Kier molecular flexibility index (Phi) is 6.16. The lowest BCUT2D eigenvalue weighted by Gasteiger charge is -2.24. The lowest BCUT2D eigenvalue weighted by Crippen LogP contribution is -2.43. The summed E-state index contributed by atoms with van der Waals surface area (Å²) in [5.74, 6) is 0.808. The number of hydrogen-bond acceptors (Lipinski definition) is 3. The second-order valence-corrected chi connectivity index (χ2v) is 4.96. The standard InChI is InChI=1S/C15H25NO2/c1-4-10-16-11-15(3,17)12-18-14-8-6-13(5-2)7-9-14/h6-9,16-17H,4-5,10-12H2,1-3H3. The Bertz CT molecular complexity index is 333. The molecule has 3 heteroatoms. The highest BCUT2D eigenvalue weighted by molar-refractivity contribution is 5.27. The fraction of sp³-hybridized carbons (Fsp3) is 0.600. The Morgan fingerprint density at radius 3 is 2.44 bits per heavy atom. The first kappa shape index (κ1) is 15.0. The lowest BCUT2D eigenvalue weighted by molar-refractivity contribution is 0.0125. The van der Waals surface area contributed by atoms with Crippen molar-refractivity contribution in [1.82, 2.24) is 5.32 Å². The van der Waals surface area contributed by atoms with Gasteiger partial charge in [0, 0.05) is 6.54 Å². The zero-order valence-corrected chi connectivity index (χ0v) is 11.7. The van der Waals surface area contributed by atoms with Crippen molar-refractivity contribution in [2.45, 2.75) is 39.2 Å². The molecule has 1 aromatic carbocycles. The predicted octanol–water partition coefficient (Wildman–Crippen LogP) is 2.38. The van der Waals surface area contributed by atoms with Gasteiger partial charge in [-0.25, -0.2) is 0 Å². The fourth-order valence-electron chi connectivity index (χ4n) is 1.65. The molecule has 1 atom stereocenters. The number of rotatable bonds is 8. The monoisotopic (exact) mass is 251 g/mol. The third-order valence-electron chi connectivity index (χ3n) is 2.81. The molecule has 0 fully saturated rings. The van der Waals surface area contributed by atoms with Crippen molar-refractivity contribution in [3.8, 4) is 5.75 Å². The third kappa shape index (κ3) is 5.52. The van der Waals surface area contributed by atoms with Crippen molar-refractivity contribution in [2.24, 2.45) is 0 Å². The van der Waals surface area contributed by atoms with Crippen LogP contribution in [0.15, 0.2) is 24.3 Å². The second-order valence-electron chi connectivity index (χ2n) is 4.96. The van der Waals surface area contributed by atoms with Crippen molar-refractivity contribution in [2.75, 3.05) is 19.7 Å². The quantitative estimate of drug-likeness (QED) is 0.697. The number of aryl methyl sites for hydroxylation is 1. The maximum absolute atomic E-state index is 10.1. The minimum atomic E-state index is -0.835. The normalized spacial score (nSPS) is 14.2. The third-order valence-corrected chi connectivity index (χ3v) is 2.81. The van der Waals surface area contributed by atoms with Crippen LogP contribution in [-0.2, 0) is 6.42 Å². The van der Waals surface area contributed by atoms with Gasteiger partial charge in [0.2, 0.25) is 0 Å². The first-order valence-electron chi connectivity index (χ1n) is 6.72. The van der Waals surface area contributed by atoms with Crippen molar-refractivity contribution in [3.63, 3.8) is 0 Å². The van der Waals surface area contributed by atoms with Crippen LogP contribution in [-0.4, -0.2) is 30.4 Å². The average molecular weight is 251 g/mol. The molecule has 102 valence electrons. The van der Waals surface area contributed by atoms with E-state index in [1.807, 2.05) is 12.1 Å². The van der Waals surface area contributed by atoms with E-state index in [4.69, 9.17) is 4.74 Å². The molecular weight excluding hydrogens is 226 g/mol. The van der Waals surface area contributed by atoms with Crippen molar-refractivity contribution in [3.05, 3.63) is 29.8 Å². The van der Waals surface area contributed by atoms with E-state index in [9.17, 15) is 5.11 Å². The first-order chi connectivity index (χ1) is 8.57. The van der Waals surface area contributed by atoms with Gasteiger partial charge in [0.15, 0.2) is 0 Å². The zero-order chi connectivity index (χ0) is 13.4. The van der Waals surface area contributed by atoms with Crippen molar-refractivity contribution < 1.29 is 9.84 Å². The number of nitrogens with one attached hydrogen (secondary N) is 1. The van der Waals surface area contributed by atoms with E-state index in [2.05, 4.69) is 31.3 Å². The lowest BCUT2D eigenvalue weighted by atomic mass is 10.1. The van der Waals surface area contributed by atoms with Gasteiger partial charge in [-0.2, -0.15) is 0 Å². The fourth-order valence-corrected chi connectivity index (χ4v) is 1.65. The summed E-state index contributed by atoms with van der Waals surface area (Å²) in [6.07, 6.45) is 2.09. The molecule has 0 saturated heterocycles. The molecule has 0 spiro atoms. The van der Waals surface area contributed by atoms with Gasteiger partial charge in [-0.15, -0.1) is 0 Å². The van der Waals surface area contributed by atoms with Crippen LogP contribution in [0.2, 0.25) is 0 Å². The Balaban J connectivity index is 2.37. The molecule has 2 N–H and O–H groups in total. The Morgan fingerprint density at radius 2 is 1.89 bits per heavy atom. The molecule has 0 saturated carbocycles. The van der Waals surface area contributed by atoms with Crippen LogP contribution in [0.5, 0.6) is 5.75 Å². The van der Waals surface area contributed by atoms with E-state index in [1.165, 1.54) is 5.56 Å². The van der Waals surface area contributed by atoms with Gasteiger partial charge in [0.25, 0.3) is 0 Å². The SMILES string of the molecule is CCCNCC(C)(O)COc1ccc(CC)cc1. The molecule has 0 aromatic heterocycles. The highest BCUT2D eigenvalue weighted by Crippen LogP contribution is 2.14. The number of ether oxygens (including phenoxy) is 1. The van der Waals surface area contributed by atoms with E-state index in [0.29, 0.717) is 13.2 Å². The number of benzene rings is 1. The molecule has 0 bridgehead atoms. The Labute approximate surface area is 110 Å². The summed E-state index contributed by atoms with van der Waals surface area (Å²) in [6, 6.07) is 8.02. The predicted molar refractivity (Wildman–Crippen MR) is 75.1 cm³/mol. The van der Waals surface area contributed by atoms with E-state index in [0.717, 1.165) is 25.1 Å². The molecule has 1 aromatic rings. The van der Waals surface area contributed by atoms with Crippen LogP contribution < -0.4 is 10.1 Å². The maximum Gasteiger partial charge on any atom is 0.119 e. The van der Waals surface area contributed by atoms with E-state index < -0.39 is 5.60 Å². The van der Waals surface area contributed by atoms with Gasteiger partial charge in [-0.3, -0.25) is 0 Å². The maximum atomic E-state index is 10.1. The zero-order valence-electron chi connectivity index (χ0n) is 11.7. The summed E-state index contributed by atoms with van der Waals surface area (Å²) in [5, 5.41) is 13.3. The summed E-state index contributed by atoms with van der Waals surface area (Å²) in [6.45, 7) is 7.79. The molecule has 0 aliphatic rings. The van der Waals surface area contributed by atoms with Crippen LogP contribution in [0, 0.1) is 0 Å². The van der Waals surface area contributed by atoms with Gasteiger partial charge in [0.1, 0.15) is 18.0 Å². The topological polar surface area (TPSA) is 41.5 Å². The van der Waals surface area contributed by atoms with Gasteiger partial charge < -0.3 is 15.2 Å². The average Bonchev–Trinajstić information content (AvgIpc) is 2.37. The van der Waals surface area contributed by atoms with Crippen LogP contribution in [0.25, 0.3) is 0 Å². The van der Waals surface area contributed by atoms with Gasteiger partial charge >= 0.3 is 0 Å². The second kappa shape index (κ2) is 7.39. The smallest absolute Gasteiger partial charge is 0.119 e. The summed E-state index contributed by atoms with van der Waals surface area (Å²) < 4.78 is 5.61. The Hall–Kier alpha value is -1.06. The minimum absolute atomic E-state index is 0.301. The van der Waals surface area contributed by atoms with Crippen molar-refractivity contribution in [1.29, 1.82) is 0 Å². The van der Waals surface area contributed by atoms with Crippen LogP contribution >= 0.6 is 0 Å². The molecule has 1 unspecified atom stereocenters. The van der Waals surface area contributed by atoms with Gasteiger partial charge in [-0.05, 0) is 44.0 Å². The summed E-state index contributed by atoms with van der Waals surface area (Å²) >= 11 is 0. The highest BCUT2D eigenvalue weighted by Gasteiger charge is 2.20. The first-order valence-corrected chi connectivity index (χ1v) is 6.72. The minimum Gasteiger partial charge on any atom is -0.491 e. The van der Waals surface area contributed by atoms with Crippen molar-refractivity contribution >= 4 is 0 Å². The molecule has 18 heavy (non-hydrogen) atoms. The summed E-state index contributed by atoms with van der Waals surface area (Å²) in [4.78, 5) is 0. The molecule has 0 amide bonds. The van der Waals surface area contributed by atoms with Gasteiger partial charge in [0.05, 0.1) is 0 Å². The molecule has 0 aliphatic carbocycles. The molecule has 0 aliphatic heterocycles. The molecule has 0 heterocycles. The Morgan fingerprint density at radius 1 is 1.22 bits per heavy atom. The largest absolute Gasteiger partial charge is 0.491 e. The number of hydrogen-bond donors (Lipinski definition) is 2. The van der Waals surface area contributed by atoms with E-state index >= 15 is 0 Å². The summed E-state index contributed by atoms with van der Waals surface area (Å²) in [7, 11) is 0. The van der Waals surface area contributed by atoms with Gasteiger partial charge in [-0.1, -0.05) is 26.0 Å². The van der Waals surface area contributed by atoms with Crippen LogP contribution in [0.3, 0.4) is 0 Å². The molecule has 0 radical (unpaired) electrons. The molecule has 3 nitrogen and oxygen atoms in total. The van der Waals surface area contributed by atoms with E-state index in [1.54, 1.807) is 6.92 Å².